The molecule has 1 saturated carbocycles. The molecule has 1 aromatic carbocycles. The molecule has 2 rings (SSSR count). The Hall–Kier alpha value is -2.11. The quantitative estimate of drug-likeness (QED) is 0.846. The molecule has 1 aliphatic rings. The van der Waals surface area contributed by atoms with Crippen molar-refractivity contribution in [3.63, 3.8) is 0 Å². The summed E-state index contributed by atoms with van der Waals surface area (Å²) in [5.74, 6) is -0.338. The summed E-state index contributed by atoms with van der Waals surface area (Å²) in [7, 11) is 0. The highest BCUT2D eigenvalue weighted by Crippen LogP contribution is 2.26. The van der Waals surface area contributed by atoms with Crippen LogP contribution in [0.2, 0.25) is 0 Å². The molecule has 2 N–H and O–H groups in total. The number of halogens is 1. The van der Waals surface area contributed by atoms with E-state index in [1.54, 1.807) is 12.1 Å². The van der Waals surface area contributed by atoms with Crippen LogP contribution in [0.5, 0.6) is 0 Å². The van der Waals surface area contributed by atoms with Gasteiger partial charge in [0.05, 0.1) is 6.04 Å². The van der Waals surface area contributed by atoms with Crippen molar-refractivity contribution in [2.45, 2.75) is 71.1 Å². The normalized spacial score (nSPS) is 21.6. The van der Waals surface area contributed by atoms with Crippen molar-refractivity contribution in [2.24, 2.45) is 5.92 Å². The molecule has 5 nitrogen and oxygen atoms in total. The van der Waals surface area contributed by atoms with Crippen molar-refractivity contribution in [3.8, 4) is 0 Å². The van der Waals surface area contributed by atoms with Crippen LogP contribution in [0.4, 0.5) is 9.18 Å². The fourth-order valence-electron chi connectivity index (χ4n) is 3.14. The molecule has 0 aliphatic heterocycles. The Morgan fingerprint density at radius 3 is 2.23 bits per heavy atom. The molecule has 0 aromatic heterocycles. The van der Waals surface area contributed by atoms with Gasteiger partial charge in [0.15, 0.2) is 0 Å². The number of alkyl carbamates (subject to hydrolysis) is 1. The first-order valence-electron chi connectivity index (χ1n) is 9.19. The van der Waals surface area contributed by atoms with E-state index in [2.05, 4.69) is 10.6 Å². The first kappa shape index (κ1) is 20.2. The topological polar surface area (TPSA) is 67.4 Å². The zero-order chi connectivity index (χ0) is 19.3. The standard InChI is InChI=1S/C20H29FN2O3/c1-13(14-5-9-16(21)10-6-14)22-18(24)15-7-11-17(12-8-15)23-19(25)26-20(2,3)4/h5-6,9-10,13,15,17H,7-8,11-12H2,1-4H3,(H,22,24)(H,23,25)/t13-,15-,17-/m1/s1. The Morgan fingerprint density at radius 1 is 1.12 bits per heavy atom. The van der Waals surface area contributed by atoms with E-state index in [1.165, 1.54) is 12.1 Å². The van der Waals surface area contributed by atoms with Crippen LogP contribution in [0, 0.1) is 11.7 Å². The van der Waals surface area contributed by atoms with E-state index >= 15 is 0 Å². The second-order valence-corrected chi connectivity index (χ2v) is 7.98. The third kappa shape index (κ3) is 6.32. The molecule has 0 bridgehead atoms. The first-order chi connectivity index (χ1) is 12.1. The summed E-state index contributed by atoms with van der Waals surface area (Å²) in [6.07, 6.45) is 2.55. The molecular formula is C20H29FN2O3. The molecule has 0 heterocycles. The Kier molecular flexibility index (Phi) is 6.62. The maximum Gasteiger partial charge on any atom is 0.407 e. The van der Waals surface area contributed by atoms with Gasteiger partial charge in [-0.15, -0.1) is 0 Å². The van der Waals surface area contributed by atoms with Gasteiger partial charge in [-0.3, -0.25) is 4.79 Å². The Bertz CT molecular complexity index is 617. The highest BCUT2D eigenvalue weighted by Gasteiger charge is 2.29. The molecule has 1 atom stereocenters. The van der Waals surface area contributed by atoms with Crippen LogP contribution in [-0.2, 0) is 9.53 Å². The van der Waals surface area contributed by atoms with Crippen molar-refractivity contribution in [2.75, 3.05) is 0 Å². The minimum atomic E-state index is -0.516. The molecule has 0 saturated heterocycles. The molecule has 26 heavy (non-hydrogen) atoms. The largest absolute Gasteiger partial charge is 0.444 e. The van der Waals surface area contributed by atoms with Crippen molar-refractivity contribution >= 4 is 12.0 Å². The number of nitrogens with one attached hydrogen (secondary N) is 2. The number of amides is 2. The number of carbonyl (C=O) groups excluding carboxylic acids is 2. The molecule has 6 heteroatoms. The number of benzene rings is 1. The molecular weight excluding hydrogens is 335 g/mol. The number of ether oxygens (including phenoxy) is 1. The SMILES string of the molecule is C[C@@H](NC(=O)[C@H]1CC[C@H](NC(=O)OC(C)(C)C)CC1)c1ccc(F)cc1. The fraction of sp³-hybridized carbons (Fsp3) is 0.600. The zero-order valence-corrected chi connectivity index (χ0v) is 16.0. The first-order valence-corrected chi connectivity index (χ1v) is 9.19. The van der Waals surface area contributed by atoms with Crippen LogP contribution >= 0.6 is 0 Å². The highest BCUT2D eigenvalue weighted by molar-refractivity contribution is 5.79. The summed E-state index contributed by atoms with van der Waals surface area (Å²) in [5.41, 5.74) is 0.359. The molecule has 144 valence electrons. The third-order valence-corrected chi connectivity index (χ3v) is 4.55. The van der Waals surface area contributed by atoms with Gasteiger partial charge in [0, 0.05) is 12.0 Å². The number of carbonyl (C=O) groups is 2. The van der Waals surface area contributed by atoms with Crippen LogP contribution in [-0.4, -0.2) is 23.6 Å². The smallest absolute Gasteiger partial charge is 0.407 e. The van der Waals surface area contributed by atoms with Crippen LogP contribution in [0.3, 0.4) is 0 Å². The zero-order valence-electron chi connectivity index (χ0n) is 16.0. The minimum Gasteiger partial charge on any atom is -0.444 e. The van der Waals surface area contributed by atoms with E-state index < -0.39 is 11.7 Å². The van der Waals surface area contributed by atoms with Crippen LogP contribution in [0.25, 0.3) is 0 Å². The van der Waals surface area contributed by atoms with Gasteiger partial charge < -0.3 is 15.4 Å². The lowest BCUT2D eigenvalue weighted by Crippen LogP contribution is -2.43. The predicted octanol–water partition coefficient (Wildman–Crippen LogP) is 4.09. The minimum absolute atomic E-state index is 0.0116. The molecule has 0 spiro atoms. The van der Waals surface area contributed by atoms with Gasteiger partial charge in [-0.1, -0.05) is 12.1 Å². The van der Waals surface area contributed by atoms with E-state index in [0.717, 1.165) is 31.2 Å². The summed E-state index contributed by atoms with van der Waals surface area (Å²) < 4.78 is 18.3. The van der Waals surface area contributed by atoms with Gasteiger partial charge in [-0.25, -0.2) is 9.18 Å². The van der Waals surface area contributed by atoms with Crippen molar-refractivity contribution in [3.05, 3.63) is 35.6 Å². The summed E-state index contributed by atoms with van der Waals surface area (Å²) in [5, 5.41) is 5.88. The lowest BCUT2D eigenvalue weighted by Gasteiger charge is -2.30. The second kappa shape index (κ2) is 8.52. The molecule has 2 amide bonds. The average Bonchev–Trinajstić information content (AvgIpc) is 2.54. The van der Waals surface area contributed by atoms with Gasteiger partial charge in [0.25, 0.3) is 0 Å². The van der Waals surface area contributed by atoms with Gasteiger partial charge in [-0.2, -0.15) is 0 Å². The van der Waals surface area contributed by atoms with Gasteiger partial charge >= 0.3 is 6.09 Å². The maximum atomic E-state index is 13.0. The van der Waals surface area contributed by atoms with E-state index in [9.17, 15) is 14.0 Å². The van der Waals surface area contributed by atoms with Crippen molar-refractivity contribution in [1.29, 1.82) is 0 Å². The lowest BCUT2D eigenvalue weighted by molar-refractivity contribution is -0.126. The average molecular weight is 364 g/mol. The van der Waals surface area contributed by atoms with Gasteiger partial charge in [-0.05, 0) is 71.1 Å². The van der Waals surface area contributed by atoms with Gasteiger partial charge in [0.2, 0.25) is 5.91 Å². The summed E-state index contributed by atoms with van der Waals surface area (Å²) in [4.78, 5) is 24.3. The van der Waals surface area contributed by atoms with Crippen molar-refractivity contribution in [1.82, 2.24) is 10.6 Å². The monoisotopic (exact) mass is 364 g/mol. The summed E-state index contributed by atoms with van der Waals surface area (Å²) >= 11 is 0. The summed E-state index contributed by atoms with van der Waals surface area (Å²) in [6, 6.07) is 6.03. The molecule has 0 unspecified atom stereocenters. The van der Waals surface area contributed by atoms with E-state index in [4.69, 9.17) is 4.74 Å². The number of rotatable bonds is 4. The van der Waals surface area contributed by atoms with Crippen molar-refractivity contribution < 1.29 is 18.7 Å². The Balaban J connectivity index is 1.77. The molecule has 1 aromatic rings. The fourth-order valence-corrected chi connectivity index (χ4v) is 3.14. The third-order valence-electron chi connectivity index (χ3n) is 4.55. The molecule has 1 aliphatic carbocycles. The van der Waals surface area contributed by atoms with Crippen LogP contribution in [0.15, 0.2) is 24.3 Å². The van der Waals surface area contributed by atoms with E-state index in [1.807, 2.05) is 27.7 Å². The maximum absolute atomic E-state index is 13.0. The van der Waals surface area contributed by atoms with Crippen LogP contribution in [0.1, 0.15) is 65.0 Å². The molecule has 0 radical (unpaired) electrons. The lowest BCUT2D eigenvalue weighted by atomic mass is 9.85. The van der Waals surface area contributed by atoms with E-state index in [0.29, 0.717) is 0 Å². The highest BCUT2D eigenvalue weighted by atomic mass is 19.1. The number of hydrogen-bond acceptors (Lipinski definition) is 3. The Labute approximate surface area is 154 Å². The molecule has 1 fully saturated rings. The van der Waals surface area contributed by atoms with Gasteiger partial charge in [0.1, 0.15) is 11.4 Å². The second-order valence-electron chi connectivity index (χ2n) is 7.98. The van der Waals surface area contributed by atoms with E-state index in [-0.39, 0.29) is 29.7 Å². The van der Waals surface area contributed by atoms with Crippen LogP contribution < -0.4 is 10.6 Å². The number of hydrogen-bond donors (Lipinski definition) is 2. The summed E-state index contributed by atoms with van der Waals surface area (Å²) in [6.45, 7) is 7.38. The predicted molar refractivity (Wildman–Crippen MR) is 98.1 cm³/mol. The Morgan fingerprint density at radius 2 is 1.69 bits per heavy atom.